The second-order valence-electron chi connectivity index (χ2n) is 5.28. The van der Waals surface area contributed by atoms with Crippen LogP contribution < -0.4 is 9.64 Å². The SMILES string of the molecule is COC(=O)CC1(Oc2cccc(N(C)C)c2)CCC1. The summed E-state index contributed by atoms with van der Waals surface area (Å²) >= 11 is 0. The van der Waals surface area contributed by atoms with Gasteiger partial charge in [0.05, 0.1) is 13.5 Å². The maximum absolute atomic E-state index is 11.5. The van der Waals surface area contributed by atoms with E-state index in [4.69, 9.17) is 9.47 Å². The number of hydrogen-bond acceptors (Lipinski definition) is 4. The molecule has 1 aliphatic carbocycles. The van der Waals surface area contributed by atoms with Crippen LogP contribution in [0.5, 0.6) is 5.75 Å². The normalized spacial score (nSPS) is 16.4. The summed E-state index contributed by atoms with van der Waals surface area (Å²) in [6, 6.07) is 7.93. The molecule has 0 radical (unpaired) electrons. The molecule has 4 nitrogen and oxygen atoms in total. The molecule has 0 amide bonds. The maximum Gasteiger partial charge on any atom is 0.309 e. The molecular formula is C15H21NO3. The van der Waals surface area contributed by atoms with E-state index in [1.54, 1.807) is 0 Å². The number of carbonyl (C=O) groups excluding carboxylic acids is 1. The maximum atomic E-state index is 11.5. The molecule has 19 heavy (non-hydrogen) atoms. The Labute approximate surface area is 114 Å². The van der Waals surface area contributed by atoms with Gasteiger partial charge in [-0.2, -0.15) is 0 Å². The number of nitrogens with zero attached hydrogens (tertiary/aromatic N) is 1. The van der Waals surface area contributed by atoms with E-state index in [2.05, 4.69) is 0 Å². The van der Waals surface area contributed by atoms with Crippen molar-refractivity contribution in [2.75, 3.05) is 26.1 Å². The molecule has 1 aromatic rings. The summed E-state index contributed by atoms with van der Waals surface area (Å²) < 4.78 is 10.8. The third-order valence-corrected chi connectivity index (χ3v) is 3.63. The minimum Gasteiger partial charge on any atom is -0.487 e. The standard InChI is InChI=1S/C15H21NO3/c1-16(2)12-6-4-7-13(10-12)19-15(8-5-9-15)11-14(17)18-3/h4,6-7,10H,5,8-9,11H2,1-3H3. The molecule has 1 aliphatic rings. The highest BCUT2D eigenvalue weighted by Crippen LogP contribution is 2.40. The lowest BCUT2D eigenvalue weighted by molar-refractivity contribution is -0.148. The number of carbonyl (C=O) groups is 1. The van der Waals surface area contributed by atoms with Crippen LogP contribution in [0.3, 0.4) is 0 Å². The summed E-state index contributed by atoms with van der Waals surface area (Å²) in [7, 11) is 5.40. The van der Waals surface area contributed by atoms with Crippen LogP contribution in [0.25, 0.3) is 0 Å². The molecule has 0 aliphatic heterocycles. The fourth-order valence-corrected chi connectivity index (χ4v) is 2.30. The molecule has 0 atom stereocenters. The number of benzene rings is 1. The molecule has 0 aromatic heterocycles. The molecule has 104 valence electrons. The topological polar surface area (TPSA) is 38.8 Å². The molecule has 0 bridgehead atoms. The van der Waals surface area contributed by atoms with Gasteiger partial charge in [0, 0.05) is 25.8 Å². The molecule has 2 rings (SSSR count). The number of esters is 1. The Morgan fingerprint density at radius 1 is 1.37 bits per heavy atom. The van der Waals surface area contributed by atoms with Crippen LogP contribution in [0.15, 0.2) is 24.3 Å². The minimum absolute atomic E-state index is 0.205. The van der Waals surface area contributed by atoms with Gasteiger partial charge in [-0.25, -0.2) is 0 Å². The highest BCUT2D eigenvalue weighted by atomic mass is 16.5. The Kier molecular flexibility index (Phi) is 3.98. The lowest BCUT2D eigenvalue weighted by Crippen LogP contribution is -2.45. The van der Waals surface area contributed by atoms with Crippen molar-refractivity contribution in [2.24, 2.45) is 0 Å². The van der Waals surface area contributed by atoms with Crippen molar-refractivity contribution in [1.82, 2.24) is 0 Å². The van der Waals surface area contributed by atoms with Crippen molar-refractivity contribution in [1.29, 1.82) is 0 Å². The average Bonchev–Trinajstić information content (AvgIpc) is 2.36. The van der Waals surface area contributed by atoms with Crippen LogP contribution in [0.4, 0.5) is 5.69 Å². The summed E-state index contributed by atoms with van der Waals surface area (Å²) in [6.45, 7) is 0. The van der Waals surface area contributed by atoms with Gasteiger partial charge >= 0.3 is 5.97 Å². The van der Waals surface area contributed by atoms with Gasteiger partial charge in [0.25, 0.3) is 0 Å². The number of rotatable bonds is 5. The Balaban J connectivity index is 2.10. The highest BCUT2D eigenvalue weighted by Gasteiger charge is 2.41. The first-order chi connectivity index (χ1) is 9.04. The molecule has 0 unspecified atom stereocenters. The zero-order chi connectivity index (χ0) is 13.9. The second-order valence-corrected chi connectivity index (χ2v) is 5.28. The summed E-state index contributed by atoms with van der Waals surface area (Å²) in [4.78, 5) is 13.5. The van der Waals surface area contributed by atoms with Gasteiger partial charge in [0.1, 0.15) is 11.4 Å². The van der Waals surface area contributed by atoms with Crippen molar-refractivity contribution in [3.8, 4) is 5.75 Å². The molecule has 1 fully saturated rings. The second kappa shape index (κ2) is 5.51. The lowest BCUT2D eigenvalue weighted by Gasteiger charge is -2.41. The fourth-order valence-electron chi connectivity index (χ4n) is 2.30. The van der Waals surface area contributed by atoms with Gasteiger partial charge in [-0.3, -0.25) is 4.79 Å². The Bertz CT molecular complexity index is 452. The Morgan fingerprint density at radius 3 is 2.63 bits per heavy atom. The summed E-state index contributed by atoms with van der Waals surface area (Å²) in [5.74, 6) is 0.610. The smallest absolute Gasteiger partial charge is 0.309 e. The summed E-state index contributed by atoms with van der Waals surface area (Å²) in [5, 5.41) is 0. The van der Waals surface area contributed by atoms with E-state index in [1.807, 2.05) is 43.3 Å². The molecular weight excluding hydrogens is 242 g/mol. The van der Waals surface area contributed by atoms with Crippen LogP contribution in [0, 0.1) is 0 Å². The van der Waals surface area contributed by atoms with Gasteiger partial charge in [0.2, 0.25) is 0 Å². The van der Waals surface area contributed by atoms with E-state index >= 15 is 0 Å². The van der Waals surface area contributed by atoms with E-state index < -0.39 is 0 Å². The highest BCUT2D eigenvalue weighted by molar-refractivity contribution is 5.70. The number of ether oxygens (including phenoxy) is 2. The molecule has 0 spiro atoms. The van der Waals surface area contributed by atoms with E-state index in [9.17, 15) is 4.79 Å². The third-order valence-electron chi connectivity index (χ3n) is 3.63. The number of anilines is 1. The molecule has 1 aromatic carbocycles. The molecule has 0 saturated heterocycles. The average molecular weight is 263 g/mol. The van der Waals surface area contributed by atoms with E-state index in [-0.39, 0.29) is 11.6 Å². The Morgan fingerprint density at radius 2 is 2.11 bits per heavy atom. The van der Waals surface area contributed by atoms with Crippen LogP contribution in [-0.4, -0.2) is 32.8 Å². The summed E-state index contributed by atoms with van der Waals surface area (Å²) in [6.07, 6.45) is 3.25. The zero-order valence-corrected chi connectivity index (χ0v) is 11.8. The van der Waals surface area contributed by atoms with Crippen LogP contribution >= 0.6 is 0 Å². The molecule has 4 heteroatoms. The molecule has 1 saturated carbocycles. The molecule has 0 heterocycles. The predicted octanol–water partition coefficient (Wildman–Crippen LogP) is 2.62. The van der Waals surface area contributed by atoms with Gasteiger partial charge in [-0.15, -0.1) is 0 Å². The first kappa shape index (κ1) is 13.7. The van der Waals surface area contributed by atoms with Crippen molar-refractivity contribution >= 4 is 11.7 Å². The van der Waals surface area contributed by atoms with Gasteiger partial charge in [0.15, 0.2) is 0 Å². The first-order valence-corrected chi connectivity index (χ1v) is 6.58. The van der Waals surface area contributed by atoms with E-state index in [0.717, 1.165) is 30.7 Å². The first-order valence-electron chi connectivity index (χ1n) is 6.58. The quantitative estimate of drug-likeness (QED) is 0.765. The van der Waals surface area contributed by atoms with Crippen molar-refractivity contribution < 1.29 is 14.3 Å². The Hall–Kier alpha value is -1.71. The van der Waals surface area contributed by atoms with Gasteiger partial charge in [-0.1, -0.05) is 6.07 Å². The van der Waals surface area contributed by atoms with E-state index in [0.29, 0.717) is 6.42 Å². The van der Waals surface area contributed by atoms with Gasteiger partial charge < -0.3 is 14.4 Å². The van der Waals surface area contributed by atoms with E-state index in [1.165, 1.54) is 7.11 Å². The molecule has 0 N–H and O–H groups in total. The minimum atomic E-state index is -0.363. The van der Waals surface area contributed by atoms with Crippen molar-refractivity contribution in [3.63, 3.8) is 0 Å². The number of methoxy groups -OCH3 is 1. The lowest BCUT2D eigenvalue weighted by atomic mass is 9.77. The number of hydrogen-bond donors (Lipinski definition) is 0. The van der Waals surface area contributed by atoms with Crippen molar-refractivity contribution in [3.05, 3.63) is 24.3 Å². The summed E-state index contributed by atoms with van der Waals surface area (Å²) in [5.41, 5.74) is 0.725. The van der Waals surface area contributed by atoms with Crippen LogP contribution in [0.1, 0.15) is 25.7 Å². The largest absolute Gasteiger partial charge is 0.487 e. The van der Waals surface area contributed by atoms with Gasteiger partial charge in [-0.05, 0) is 31.4 Å². The van der Waals surface area contributed by atoms with Crippen molar-refractivity contribution in [2.45, 2.75) is 31.3 Å². The van der Waals surface area contributed by atoms with Crippen LogP contribution in [0.2, 0.25) is 0 Å². The monoisotopic (exact) mass is 263 g/mol. The zero-order valence-electron chi connectivity index (χ0n) is 11.8. The predicted molar refractivity (Wildman–Crippen MR) is 74.6 cm³/mol. The fraction of sp³-hybridized carbons (Fsp3) is 0.533. The van der Waals surface area contributed by atoms with Crippen LogP contribution in [-0.2, 0) is 9.53 Å². The third kappa shape index (κ3) is 3.19.